The lowest BCUT2D eigenvalue weighted by Gasteiger charge is -2.25. The molecule has 0 aliphatic carbocycles. The summed E-state index contributed by atoms with van der Waals surface area (Å²) in [5, 5.41) is 12.2. The number of aryl methyl sites for hydroxylation is 1. The number of hydrogen-bond donors (Lipinski definition) is 0. The van der Waals surface area contributed by atoms with Crippen molar-refractivity contribution >= 4 is 17.2 Å². The van der Waals surface area contributed by atoms with Gasteiger partial charge in [-0.15, -0.1) is 10.2 Å². The third-order valence-corrected chi connectivity index (χ3v) is 4.29. The van der Waals surface area contributed by atoms with Gasteiger partial charge in [-0.05, 0) is 12.8 Å². The summed E-state index contributed by atoms with van der Waals surface area (Å²) in [5.41, 5.74) is 1.39. The minimum atomic E-state index is 0.114. The van der Waals surface area contributed by atoms with Crippen LogP contribution in [0.2, 0.25) is 0 Å². The number of carbonyl (C=O) groups excluding carboxylic acids is 1. The number of ketones is 1. The van der Waals surface area contributed by atoms with E-state index in [0.29, 0.717) is 12.0 Å². The highest BCUT2D eigenvalue weighted by molar-refractivity contribution is 5.96. The van der Waals surface area contributed by atoms with Crippen molar-refractivity contribution in [3.63, 3.8) is 0 Å². The van der Waals surface area contributed by atoms with Gasteiger partial charge < -0.3 is 4.90 Å². The SMILES string of the molecule is Cn1cc(C(=O)C[C@@H]2CCCN2c2nccn3cnnc23)cn1. The second kappa shape index (κ2) is 5.45. The first-order valence-electron chi connectivity index (χ1n) is 7.65. The lowest BCUT2D eigenvalue weighted by atomic mass is 10.0. The number of aromatic nitrogens is 6. The van der Waals surface area contributed by atoms with E-state index in [1.54, 1.807) is 29.6 Å². The van der Waals surface area contributed by atoms with E-state index in [1.807, 2.05) is 17.6 Å². The molecule has 0 amide bonds. The number of fused-ring (bicyclic) bond motifs is 1. The molecule has 3 aromatic rings. The van der Waals surface area contributed by atoms with E-state index in [0.717, 1.165) is 30.9 Å². The van der Waals surface area contributed by atoms with Crippen LogP contribution < -0.4 is 4.90 Å². The zero-order valence-corrected chi connectivity index (χ0v) is 12.8. The first-order chi connectivity index (χ1) is 11.2. The summed E-state index contributed by atoms with van der Waals surface area (Å²) in [6.07, 6.45) is 11.1. The van der Waals surface area contributed by atoms with E-state index in [2.05, 4.69) is 25.2 Å². The summed E-state index contributed by atoms with van der Waals surface area (Å²) in [5.74, 6) is 0.912. The zero-order valence-electron chi connectivity index (χ0n) is 12.8. The van der Waals surface area contributed by atoms with Crippen molar-refractivity contribution in [1.29, 1.82) is 0 Å². The Morgan fingerprint density at radius 3 is 3.17 bits per heavy atom. The summed E-state index contributed by atoms with van der Waals surface area (Å²) in [4.78, 5) is 19.1. The van der Waals surface area contributed by atoms with E-state index in [-0.39, 0.29) is 11.8 Å². The van der Waals surface area contributed by atoms with E-state index in [4.69, 9.17) is 0 Å². The van der Waals surface area contributed by atoms with Crippen LogP contribution in [0, 0.1) is 0 Å². The first kappa shape index (κ1) is 13.9. The molecule has 0 aromatic carbocycles. The average molecular weight is 311 g/mol. The monoisotopic (exact) mass is 311 g/mol. The summed E-state index contributed by atoms with van der Waals surface area (Å²) in [6.45, 7) is 0.879. The molecule has 8 heteroatoms. The van der Waals surface area contributed by atoms with Crippen LogP contribution in [0.3, 0.4) is 0 Å². The average Bonchev–Trinajstić information content (AvgIpc) is 3.26. The third kappa shape index (κ3) is 2.45. The van der Waals surface area contributed by atoms with Crippen molar-refractivity contribution in [1.82, 2.24) is 29.4 Å². The molecule has 1 aliphatic rings. The Morgan fingerprint density at radius 2 is 2.35 bits per heavy atom. The summed E-state index contributed by atoms with van der Waals surface area (Å²) >= 11 is 0. The van der Waals surface area contributed by atoms with Crippen LogP contribution in [0.1, 0.15) is 29.6 Å². The highest BCUT2D eigenvalue weighted by Crippen LogP contribution is 2.28. The lowest BCUT2D eigenvalue weighted by Crippen LogP contribution is -2.32. The van der Waals surface area contributed by atoms with Crippen molar-refractivity contribution < 1.29 is 4.79 Å². The minimum Gasteiger partial charge on any atom is -0.350 e. The molecule has 23 heavy (non-hydrogen) atoms. The van der Waals surface area contributed by atoms with Crippen LogP contribution in [0.15, 0.2) is 31.1 Å². The molecule has 1 saturated heterocycles. The smallest absolute Gasteiger partial charge is 0.203 e. The molecule has 1 fully saturated rings. The molecule has 4 rings (SSSR count). The van der Waals surface area contributed by atoms with E-state index < -0.39 is 0 Å². The number of nitrogens with zero attached hydrogens (tertiary/aromatic N) is 7. The third-order valence-electron chi connectivity index (χ3n) is 4.29. The Hall–Kier alpha value is -2.77. The molecule has 4 heterocycles. The summed E-state index contributed by atoms with van der Waals surface area (Å²) in [7, 11) is 1.81. The number of rotatable bonds is 4. The van der Waals surface area contributed by atoms with Gasteiger partial charge >= 0.3 is 0 Å². The lowest BCUT2D eigenvalue weighted by molar-refractivity contribution is 0.0974. The van der Waals surface area contributed by atoms with Crippen molar-refractivity contribution in [2.75, 3.05) is 11.4 Å². The minimum absolute atomic E-state index is 0.114. The van der Waals surface area contributed by atoms with Crippen LogP contribution in [0.4, 0.5) is 5.82 Å². The molecule has 3 aromatic heterocycles. The molecule has 8 nitrogen and oxygen atoms in total. The molecule has 0 unspecified atom stereocenters. The molecular formula is C15H17N7O. The van der Waals surface area contributed by atoms with Crippen molar-refractivity contribution in [3.05, 3.63) is 36.7 Å². The van der Waals surface area contributed by atoms with Gasteiger partial charge in [-0.2, -0.15) is 5.10 Å². The molecule has 1 aliphatic heterocycles. The van der Waals surface area contributed by atoms with E-state index in [1.165, 1.54) is 0 Å². The van der Waals surface area contributed by atoms with E-state index in [9.17, 15) is 4.79 Å². The van der Waals surface area contributed by atoms with Gasteiger partial charge in [0.2, 0.25) is 5.65 Å². The van der Waals surface area contributed by atoms with Gasteiger partial charge in [0.25, 0.3) is 0 Å². The zero-order chi connectivity index (χ0) is 15.8. The molecule has 0 radical (unpaired) electrons. The normalized spacial score (nSPS) is 18.0. The quantitative estimate of drug-likeness (QED) is 0.671. The van der Waals surface area contributed by atoms with E-state index >= 15 is 0 Å². The molecule has 118 valence electrons. The van der Waals surface area contributed by atoms with Gasteiger partial charge in [-0.1, -0.05) is 0 Å². The molecule has 0 saturated carbocycles. The fraction of sp³-hybridized carbons (Fsp3) is 0.400. The van der Waals surface area contributed by atoms with Crippen molar-refractivity contribution in [2.24, 2.45) is 7.05 Å². The van der Waals surface area contributed by atoms with Crippen LogP contribution in [-0.4, -0.2) is 47.7 Å². The fourth-order valence-electron chi connectivity index (χ4n) is 3.17. The Kier molecular flexibility index (Phi) is 3.29. The van der Waals surface area contributed by atoms with Gasteiger partial charge in [0, 0.05) is 44.6 Å². The fourth-order valence-corrected chi connectivity index (χ4v) is 3.17. The molecular weight excluding hydrogens is 294 g/mol. The molecule has 0 N–H and O–H groups in total. The summed E-state index contributed by atoms with van der Waals surface area (Å²) in [6, 6.07) is 0.137. The Labute approximate surface area is 132 Å². The van der Waals surface area contributed by atoms with Gasteiger partial charge in [-0.3, -0.25) is 13.9 Å². The van der Waals surface area contributed by atoms with Crippen LogP contribution in [-0.2, 0) is 7.05 Å². The molecule has 0 spiro atoms. The second-order valence-electron chi connectivity index (χ2n) is 5.83. The standard InChI is InChI=1S/C15H17N7O/c1-20-9-11(8-18-20)13(23)7-12-3-2-5-22(12)14-15-19-17-10-21(15)6-4-16-14/h4,6,8-10,12H,2-3,5,7H2,1H3/t12-/m0/s1. The predicted octanol–water partition coefficient (Wildman–Crippen LogP) is 1.10. The van der Waals surface area contributed by atoms with Gasteiger partial charge in [-0.25, -0.2) is 4.98 Å². The number of carbonyl (C=O) groups is 1. The molecule has 1 atom stereocenters. The highest BCUT2D eigenvalue weighted by Gasteiger charge is 2.30. The highest BCUT2D eigenvalue weighted by atomic mass is 16.1. The topological polar surface area (TPSA) is 81.2 Å². The number of hydrogen-bond acceptors (Lipinski definition) is 6. The van der Waals surface area contributed by atoms with Crippen LogP contribution >= 0.6 is 0 Å². The summed E-state index contributed by atoms with van der Waals surface area (Å²) < 4.78 is 3.50. The predicted molar refractivity (Wildman–Crippen MR) is 83.3 cm³/mol. The number of Topliss-reactive ketones (excluding diaryl/α,β-unsaturated/α-hetero) is 1. The van der Waals surface area contributed by atoms with Gasteiger partial charge in [0.1, 0.15) is 6.33 Å². The molecule has 0 bridgehead atoms. The van der Waals surface area contributed by atoms with Crippen molar-refractivity contribution in [3.8, 4) is 0 Å². The first-order valence-corrected chi connectivity index (χ1v) is 7.65. The maximum Gasteiger partial charge on any atom is 0.203 e. The van der Waals surface area contributed by atoms with Crippen molar-refractivity contribution in [2.45, 2.75) is 25.3 Å². The van der Waals surface area contributed by atoms with Crippen LogP contribution in [0.25, 0.3) is 5.65 Å². The maximum absolute atomic E-state index is 12.5. The van der Waals surface area contributed by atoms with Gasteiger partial charge in [0.15, 0.2) is 11.6 Å². The van der Waals surface area contributed by atoms with Crippen LogP contribution in [0.5, 0.6) is 0 Å². The second-order valence-corrected chi connectivity index (χ2v) is 5.83. The largest absolute Gasteiger partial charge is 0.350 e. The number of anilines is 1. The Bertz CT molecular complexity index is 852. The maximum atomic E-state index is 12.5. The Balaban J connectivity index is 1.59. The Morgan fingerprint density at radius 1 is 1.43 bits per heavy atom. The van der Waals surface area contributed by atoms with Gasteiger partial charge in [0.05, 0.1) is 11.8 Å².